The van der Waals surface area contributed by atoms with Crippen LogP contribution in [0.2, 0.25) is 0 Å². The lowest BCUT2D eigenvalue weighted by Crippen LogP contribution is -2.21. The van der Waals surface area contributed by atoms with E-state index in [-0.39, 0.29) is 11.4 Å². The average molecular weight is 199 g/mol. The van der Waals surface area contributed by atoms with E-state index in [1.165, 1.54) is 0 Å². The Morgan fingerprint density at radius 2 is 2.36 bits per heavy atom. The zero-order valence-corrected chi connectivity index (χ0v) is 7.10. The first-order valence-electron chi connectivity index (χ1n) is 3.73. The molecule has 0 aliphatic rings. The van der Waals surface area contributed by atoms with Crippen molar-refractivity contribution in [1.29, 1.82) is 0 Å². The van der Waals surface area contributed by atoms with Gasteiger partial charge in [0, 0.05) is 11.8 Å². The number of nitrogens with two attached hydrogens (primary N) is 1. The number of nitrogens with one attached hydrogen (secondary N) is 1. The first-order valence-corrected chi connectivity index (χ1v) is 3.73. The van der Waals surface area contributed by atoms with E-state index in [0.29, 0.717) is 0 Å². The number of nitrogens with zero attached hydrogens (tertiary/aromatic N) is 1. The minimum atomic E-state index is -1.57. The number of anilines is 1. The Morgan fingerprint density at radius 3 is 2.86 bits per heavy atom. The molecule has 5 N–H and O–H groups in total. The quantitative estimate of drug-likeness (QED) is 0.443. The van der Waals surface area contributed by atoms with Crippen LogP contribution >= 0.6 is 0 Å². The van der Waals surface area contributed by atoms with Crippen LogP contribution < -0.4 is 11.4 Å². The summed E-state index contributed by atoms with van der Waals surface area (Å²) in [5.41, 5.74) is 4.59. The molecule has 76 valence electrons. The van der Waals surface area contributed by atoms with Gasteiger partial charge in [0.15, 0.2) is 5.78 Å². The molecule has 0 spiro atoms. The average Bonchev–Trinajstić information content (AvgIpc) is 2.15. The highest BCUT2D eigenvalue weighted by atomic mass is 16.3. The number of hydrogen-bond donors (Lipinski definition) is 4. The molecule has 0 aromatic carbocycles. The maximum atomic E-state index is 10.9. The second-order valence-corrected chi connectivity index (χ2v) is 2.57. The zero-order valence-electron chi connectivity index (χ0n) is 7.10. The van der Waals surface area contributed by atoms with Crippen LogP contribution in [-0.4, -0.2) is 32.6 Å². The third-order valence-electron chi connectivity index (χ3n) is 1.62. The van der Waals surface area contributed by atoms with Gasteiger partial charge in [0.2, 0.25) is 0 Å². The second-order valence-electron chi connectivity index (χ2n) is 2.57. The van der Waals surface area contributed by atoms with Crippen molar-refractivity contribution >= 4 is 11.6 Å². The van der Waals surface area contributed by atoms with Gasteiger partial charge < -0.3 is 20.9 Å². The van der Waals surface area contributed by atoms with E-state index in [9.17, 15) is 14.7 Å². The Labute approximate surface area is 78.2 Å². The van der Waals surface area contributed by atoms with E-state index in [2.05, 4.69) is 9.97 Å². The van der Waals surface area contributed by atoms with Crippen LogP contribution in [-0.2, 0) is 4.79 Å². The lowest BCUT2D eigenvalue weighted by molar-refractivity contribution is -0.130. The topological polar surface area (TPSA) is 129 Å². The molecule has 0 saturated carbocycles. The van der Waals surface area contributed by atoms with Crippen LogP contribution in [0, 0.1) is 0 Å². The summed E-state index contributed by atoms with van der Waals surface area (Å²) >= 11 is 0. The van der Waals surface area contributed by atoms with E-state index in [0.717, 1.165) is 6.20 Å². The number of nitrogen functional groups attached to an aromatic ring is 1. The first-order chi connectivity index (χ1) is 6.56. The highest BCUT2D eigenvalue weighted by molar-refractivity contribution is 5.85. The van der Waals surface area contributed by atoms with Crippen LogP contribution in [0.15, 0.2) is 11.0 Å². The number of hydrogen-bond acceptors (Lipinski definition) is 6. The van der Waals surface area contributed by atoms with Gasteiger partial charge >= 0.3 is 5.69 Å². The first kappa shape index (κ1) is 10.4. The molecule has 1 rings (SSSR count). The molecule has 0 aliphatic heterocycles. The number of ketones is 1. The van der Waals surface area contributed by atoms with E-state index in [4.69, 9.17) is 10.8 Å². The van der Waals surface area contributed by atoms with Gasteiger partial charge in [-0.1, -0.05) is 0 Å². The number of H-pyrrole nitrogens is 1. The largest absolute Gasteiger partial charge is 0.388 e. The SMILES string of the molecule is Nc1nc(=O)[nH]cc1C(O)C(=O)CO. The Hall–Kier alpha value is -1.73. The normalized spacial score (nSPS) is 12.4. The van der Waals surface area contributed by atoms with Crippen molar-refractivity contribution in [3.8, 4) is 0 Å². The maximum Gasteiger partial charge on any atom is 0.346 e. The molecule has 1 aromatic heterocycles. The fraction of sp³-hybridized carbons (Fsp3) is 0.286. The molecular weight excluding hydrogens is 190 g/mol. The molecule has 0 fully saturated rings. The molecule has 0 aliphatic carbocycles. The summed E-state index contributed by atoms with van der Waals surface area (Å²) in [6.07, 6.45) is -0.479. The standard InChI is InChI=1S/C7H9N3O4/c8-6-3(1-9-7(14)10-6)5(13)4(12)2-11/h1,5,11,13H,2H2,(H3,8,9,10,14). The van der Waals surface area contributed by atoms with Crippen molar-refractivity contribution in [3.05, 3.63) is 22.2 Å². The predicted octanol–water partition coefficient (Wildman–Crippen LogP) is -2.05. The van der Waals surface area contributed by atoms with Gasteiger partial charge in [-0.25, -0.2) is 4.79 Å². The number of aliphatic hydroxyl groups excluding tert-OH is 2. The van der Waals surface area contributed by atoms with Gasteiger partial charge in [-0.2, -0.15) is 4.98 Å². The molecule has 1 unspecified atom stereocenters. The van der Waals surface area contributed by atoms with Crippen molar-refractivity contribution in [3.63, 3.8) is 0 Å². The summed E-state index contributed by atoms with van der Waals surface area (Å²) in [6.45, 7) is -0.806. The number of rotatable bonds is 3. The highest BCUT2D eigenvalue weighted by Gasteiger charge is 2.19. The number of aliphatic hydroxyl groups is 2. The molecule has 1 atom stereocenters. The van der Waals surface area contributed by atoms with Crippen molar-refractivity contribution in [2.24, 2.45) is 0 Å². The van der Waals surface area contributed by atoms with Crippen LogP contribution in [0.25, 0.3) is 0 Å². The minimum Gasteiger partial charge on any atom is -0.388 e. The van der Waals surface area contributed by atoms with Gasteiger partial charge in [-0.3, -0.25) is 4.79 Å². The van der Waals surface area contributed by atoms with Crippen LogP contribution in [0.3, 0.4) is 0 Å². The molecule has 1 aromatic rings. The Kier molecular flexibility index (Phi) is 2.95. The minimum absolute atomic E-state index is 0.0244. The molecule has 0 saturated heterocycles. The smallest absolute Gasteiger partial charge is 0.346 e. The zero-order chi connectivity index (χ0) is 10.7. The monoisotopic (exact) mass is 199 g/mol. The summed E-state index contributed by atoms with van der Waals surface area (Å²) < 4.78 is 0. The van der Waals surface area contributed by atoms with Gasteiger partial charge in [0.25, 0.3) is 0 Å². The van der Waals surface area contributed by atoms with Gasteiger partial charge in [-0.15, -0.1) is 0 Å². The highest BCUT2D eigenvalue weighted by Crippen LogP contribution is 2.16. The Morgan fingerprint density at radius 1 is 1.71 bits per heavy atom. The Balaban J connectivity index is 3.07. The molecule has 14 heavy (non-hydrogen) atoms. The molecule has 7 heteroatoms. The van der Waals surface area contributed by atoms with E-state index >= 15 is 0 Å². The van der Waals surface area contributed by atoms with E-state index in [1.807, 2.05) is 0 Å². The maximum absolute atomic E-state index is 10.9. The number of aromatic nitrogens is 2. The molecular formula is C7H9N3O4. The van der Waals surface area contributed by atoms with Crippen LogP contribution in [0.1, 0.15) is 11.7 Å². The molecule has 1 heterocycles. The number of Topliss-reactive ketones (excluding diaryl/α,β-unsaturated/α-hetero) is 1. The fourth-order valence-corrected chi connectivity index (χ4v) is 0.899. The third-order valence-corrected chi connectivity index (χ3v) is 1.62. The van der Waals surface area contributed by atoms with E-state index in [1.54, 1.807) is 0 Å². The second kappa shape index (κ2) is 3.99. The van der Waals surface area contributed by atoms with Crippen molar-refractivity contribution in [2.45, 2.75) is 6.10 Å². The number of aromatic amines is 1. The van der Waals surface area contributed by atoms with Gasteiger partial charge in [-0.05, 0) is 0 Å². The number of carbonyl (C=O) groups excluding carboxylic acids is 1. The molecule has 7 nitrogen and oxygen atoms in total. The lowest BCUT2D eigenvalue weighted by atomic mass is 10.1. The third kappa shape index (κ3) is 1.95. The molecule has 0 bridgehead atoms. The van der Waals surface area contributed by atoms with Crippen molar-refractivity contribution in [1.82, 2.24) is 9.97 Å². The predicted molar refractivity (Wildman–Crippen MR) is 46.3 cm³/mol. The van der Waals surface area contributed by atoms with Crippen molar-refractivity contribution in [2.75, 3.05) is 12.3 Å². The summed E-state index contributed by atoms with van der Waals surface area (Å²) in [4.78, 5) is 27.0. The summed E-state index contributed by atoms with van der Waals surface area (Å²) in [7, 11) is 0. The fourth-order valence-electron chi connectivity index (χ4n) is 0.899. The van der Waals surface area contributed by atoms with Gasteiger partial charge in [0.05, 0.1) is 0 Å². The number of carbonyl (C=O) groups is 1. The summed E-state index contributed by atoms with van der Waals surface area (Å²) in [5.74, 6) is -1.05. The van der Waals surface area contributed by atoms with Gasteiger partial charge in [0.1, 0.15) is 18.5 Å². The van der Waals surface area contributed by atoms with Crippen molar-refractivity contribution < 1.29 is 15.0 Å². The van der Waals surface area contributed by atoms with Crippen LogP contribution in [0.4, 0.5) is 5.82 Å². The molecule has 0 radical (unpaired) electrons. The van der Waals surface area contributed by atoms with E-state index < -0.39 is 24.2 Å². The lowest BCUT2D eigenvalue weighted by Gasteiger charge is -2.08. The Bertz CT molecular complexity index is 400. The summed E-state index contributed by atoms with van der Waals surface area (Å²) in [6, 6.07) is 0. The molecule has 0 amide bonds. The van der Waals surface area contributed by atoms with Crippen LogP contribution in [0.5, 0.6) is 0 Å². The summed E-state index contributed by atoms with van der Waals surface area (Å²) in [5, 5.41) is 17.8.